The first-order valence-corrected chi connectivity index (χ1v) is 10.9. The summed E-state index contributed by atoms with van der Waals surface area (Å²) in [5.41, 5.74) is 9.76. The van der Waals surface area contributed by atoms with Crippen LogP contribution in [0, 0.1) is 5.92 Å². The highest BCUT2D eigenvalue weighted by Gasteiger charge is 2.29. The van der Waals surface area contributed by atoms with Crippen molar-refractivity contribution in [3.05, 3.63) is 82.0 Å². The van der Waals surface area contributed by atoms with Gasteiger partial charge in [-0.15, -0.1) is 0 Å². The molecule has 0 bridgehead atoms. The Morgan fingerprint density at radius 1 is 0.969 bits per heavy atom. The molecule has 1 heterocycles. The monoisotopic (exact) mass is 464 g/mol. The van der Waals surface area contributed by atoms with E-state index in [4.69, 9.17) is 33.4 Å². The number of carbonyl (C=O) groups excluding carboxylic acids is 2. The maximum absolute atomic E-state index is 13.0. The molecule has 0 unspecified atom stereocenters. The third-order valence-electron chi connectivity index (χ3n) is 5.52. The Morgan fingerprint density at radius 2 is 1.75 bits per heavy atom. The van der Waals surface area contributed by atoms with E-state index in [1.807, 2.05) is 42.5 Å². The number of nitrogens with two attached hydrogens (primary N) is 1. The number of benzene rings is 3. The van der Waals surface area contributed by atoms with E-state index in [1.165, 1.54) is 6.07 Å². The largest absolute Gasteiger partial charge is 0.450 e. The zero-order valence-electron chi connectivity index (χ0n) is 16.8. The SMILES string of the molecule is Nc1c(C(=O)c2ccc(Cl)cc2Cl)oc2cc(-c3cccc(NC(=O)C4CC4)c3)ccc12. The van der Waals surface area contributed by atoms with Gasteiger partial charge in [-0.1, -0.05) is 41.4 Å². The lowest BCUT2D eigenvalue weighted by atomic mass is 10.0. The first kappa shape index (κ1) is 20.6. The Hall–Kier alpha value is -3.28. The average Bonchev–Trinajstić information content (AvgIpc) is 3.58. The molecule has 1 aliphatic rings. The number of hydrogen-bond donors (Lipinski definition) is 2. The predicted octanol–water partition coefficient (Wildman–Crippen LogP) is 6.57. The molecule has 1 aliphatic carbocycles. The zero-order valence-corrected chi connectivity index (χ0v) is 18.3. The van der Waals surface area contributed by atoms with Gasteiger partial charge in [-0.05, 0) is 66.4 Å². The predicted molar refractivity (Wildman–Crippen MR) is 127 cm³/mol. The molecule has 0 atom stereocenters. The fraction of sp³-hybridized carbons (Fsp3) is 0.120. The number of fused-ring (bicyclic) bond motifs is 1. The number of furan rings is 1. The Labute approximate surface area is 194 Å². The van der Waals surface area contributed by atoms with Crippen molar-refractivity contribution in [1.29, 1.82) is 0 Å². The molecule has 5 nitrogen and oxygen atoms in total. The van der Waals surface area contributed by atoms with Crippen LogP contribution in [0.3, 0.4) is 0 Å². The molecule has 3 aromatic carbocycles. The van der Waals surface area contributed by atoms with Gasteiger partial charge in [0.25, 0.3) is 0 Å². The fourth-order valence-corrected chi connectivity index (χ4v) is 4.12. The second kappa shape index (κ2) is 8.01. The average molecular weight is 465 g/mol. The van der Waals surface area contributed by atoms with E-state index in [2.05, 4.69) is 5.32 Å². The molecule has 4 aromatic rings. The molecule has 7 heteroatoms. The van der Waals surface area contributed by atoms with Crippen molar-refractivity contribution in [1.82, 2.24) is 0 Å². The zero-order chi connectivity index (χ0) is 22.4. The normalized spacial score (nSPS) is 13.3. The summed E-state index contributed by atoms with van der Waals surface area (Å²) in [5, 5.41) is 4.26. The van der Waals surface area contributed by atoms with Crippen molar-refractivity contribution in [3.63, 3.8) is 0 Å². The highest BCUT2D eigenvalue weighted by Crippen LogP contribution is 2.35. The number of nitrogen functional groups attached to an aromatic ring is 1. The molecule has 32 heavy (non-hydrogen) atoms. The van der Waals surface area contributed by atoms with Crippen LogP contribution < -0.4 is 11.1 Å². The molecule has 0 aliphatic heterocycles. The van der Waals surface area contributed by atoms with Crippen molar-refractivity contribution in [2.24, 2.45) is 5.92 Å². The van der Waals surface area contributed by atoms with Crippen LogP contribution >= 0.6 is 23.2 Å². The lowest BCUT2D eigenvalue weighted by molar-refractivity contribution is -0.117. The second-order valence-corrected chi connectivity index (χ2v) is 8.70. The van der Waals surface area contributed by atoms with Crippen molar-refractivity contribution in [2.45, 2.75) is 12.8 Å². The maximum atomic E-state index is 13.0. The second-order valence-electron chi connectivity index (χ2n) is 7.85. The van der Waals surface area contributed by atoms with Crippen molar-refractivity contribution in [2.75, 3.05) is 11.1 Å². The Morgan fingerprint density at radius 3 is 2.50 bits per heavy atom. The number of halogens is 2. The third kappa shape index (κ3) is 3.85. The number of ketones is 1. The molecular formula is C25H18Cl2N2O3. The Bertz CT molecular complexity index is 1390. The molecule has 1 fully saturated rings. The van der Waals surface area contributed by atoms with Gasteiger partial charge in [0.05, 0.1) is 10.7 Å². The highest BCUT2D eigenvalue weighted by atomic mass is 35.5. The molecule has 0 saturated heterocycles. The van der Waals surface area contributed by atoms with Gasteiger partial charge in [-0.25, -0.2) is 0 Å². The van der Waals surface area contributed by atoms with E-state index in [0.29, 0.717) is 16.0 Å². The summed E-state index contributed by atoms with van der Waals surface area (Å²) in [7, 11) is 0. The number of amides is 1. The van der Waals surface area contributed by atoms with E-state index < -0.39 is 5.78 Å². The molecule has 160 valence electrons. The smallest absolute Gasteiger partial charge is 0.231 e. The topological polar surface area (TPSA) is 85.3 Å². The van der Waals surface area contributed by atoms with Crippen LogP contribution in [0.25, 0.3) is 22.1 Å². The van der Waals surface area contributed by atoms with Crippen molar-refractivity contribution < 1.29 is 14.0 Å². The number of anilines is 2. The van der Waals surface area contributed by atoms with Crippen molar-refractivity contribution >= 4 is 57.2 Å². The van der Waals surface area contributed by atoms with Crippen LogP contribution in [0.4, 0.5) is 11.4 Å². The highest BCUT2D eigenvalue weighted by molar-refractivity contribution is 6.37. The Balaban J connectivity index is 1.48. The summed E-state index contributed by atoms with van der Waals surface area (Å²) in [6.07, 6.45) is 1.90. The molecule has 0 radical (unpaired) electrons. The molecular weight excluding hydrogens is 447 g/mol. The molecule has 0 spiro atoms. The van der Waals surface area contributed by atoms with Gasteiger partial charge < -0.3 is 15.5 Å². The first-order valence-electron chi connectivity index (χ1n) is 10.1. The number of carbonyl (C=O) groups is 2. The fourth-order valence-electron chi connectivity index (χ4n) is 3.63. The minimum absolute atomic E-state index is 0.0341. The first-order chi connectivity index (χ1) is 15.4. The summed E-state index contributed by atoms with van der Waals surface area (Å²) in [6.45, 7) is 0. The third-order valence-corrected chi connectivity index (χ3v) is 6.07. The maximum Gasteiger partial charge on any atom is 0.231 e. The Kier molecular flexibility index (Phi) is 5.16. The number of hydrogen-bond acceptors (Lipinski definition) is 4. The molecule has 1 amide bonds. The van der Waals surface area contributed by atoms with Crippen molar-refractivity contribution in [3.8, 4) is 11.1 Å². The summed E-state index contributed by atoms with van der Waals surface area (Å²) in [4.78, 5) is 25.1. The van der Waals surface area contributed by atoms with Gasteiger partial charge in [0.1, 0.15) is 5.58 Å². The summed E-state index contributed by atoms with van der Waals surface area (Å²) >= 11 is 12.1. The summed E-state index contributed by atoms with van der Waals surface area (Å²) in [6, 6.07) is 17.8. The van der Waals surface area contributed by atoms with Gasteiger partial charge in [-0.3, -0.25) is 9.59 Å². The lowest BCUT2D eigenvalue weighted by Gasteiger charge is -2.07. The minimum atomic E-state index is -0.410. The van der Waals surface area contributed by atoms with Gasteiger partial charge in [0.15, 0.2) is 5.76 Å². The van der Waals surface area contributed by atoms with E-state index in [1.54, 1.807) is 12.1 Å². The van der Waals surface area contributed by atoms with Crippen LogP contribution in [0.1, 0.15) is 29.0 Å². The van der Waals surface area contributed by atoms with Crippen LogP contribution in [-0.2, 0) is 4.79 Å². The number of rotatable bonds is 5. The summed E-state index contributed by atoms with van der Waals surface area (Å²) in [5.74, 6) is -0.190. The van der Waals surface area contributed by atoms with Crippen LogP contribution in [0.15, 0.2) is 65.1 Å². The quantitative estimate of drug-likeness (QED) is 0.327. The minimum Gasteiger partial charge on any atom is -0.450 e. The lowest BCUT2D eigenvalue weighted by Crippen LogP contribution is -2.13. The molecule has 1 saturated carbocycles. The van der Waals surface area contributed by atoms with Gasteiger partial charge in [-0.2, -0.15) is 0 Å². The van der Waals surface area contributed by atoms with E-state index in [0.717, 1.165) is 29.7 Å². The van der Waals surface area contributed by atoms with E-state index in [-0.39, 0.29) is 33.9 Å². The molecule has 3 N–H and O–H groups in total. The number of nitrogens with one attached hydrogen (secondary N) is 1. The van der Waals surface area contributed by atoms with Crippen LogP contribution in [-0.4, -0.2) is 11.7 Å². The van der Waals surface area contributed by atoms with Crippen LogP contribution in [0.2, 0.25) is 10.0 Å². The van der Waals surface area contributed by atoms with Gasteiger partial charge in [0, 0.05) is 27.6 Å². The van der Waals surface area contributed by atoms with Gasteiger partial charge >= 0.3 is 0 Å². The molecule has 5 rings (SSSR count). The van der Waals surface area contributed by atoms with E-state index in [9.17, 15) is 9.59 Å². The molecule has 1 aromatic heterocycles. The van der Waals surface area contributed by atoms with Gasteiger partial charge in [0.2, 0.25) is 11.7 Å². The van der Waals surface area contributed by atoms with Crippen LogP contribution in [0.5, 0.6) is 0 Å². The van der Waals surface area contributed by atoms with E-state index >= 15 is 0 Å². The summed E-state index contributed by atoms with van der Waals surface area (Å²) < 4.78 is 5.86. The standard InChI is InChI=1S/C25H18Cl2N2O3/c26-16-7-9-18(20(27)12-16)23(30)24-22(28)19-8-6-15(11-21(19)32-24)14-2-1-3-17(10-14)29-25(31)13-4-5-13/h1-3,6-13H,4-5,28H2,(H,29,31).